The Hall–Kier alpha value is -0.0800. The summed E-state index contributed by atoms with van der Waals surface area (Å²) in [7, 11) is 0. The summed E-state index contributed by atoms with van der Waals surface area (Å²) in [4.78, 5) is 2.44. The summed E-state index contributed by atoms with van der Waals surface area (Å²) < 4.78 is 0. The maximum absolute atomic E-state index is 9.99. The highest BCUT2D eigenvalue weighted by molar-refractivity contribution is 4.88. The number of rotatable bonds is 2. The maximum atomic E-state index is 9.99. The molecule has 2 unspecified atom stereocenters. The summed E-state index contributed by atoms with van der Waals surface area (Å²) in [6, 6.07) is 0.383. The predicted octanol–water partition coefficient (Wildman–Crippen LogP) is 2.41. The molecule has 0 bridgehead atoms. The van der Waals surface area contributed by atoms with Crippen LogP contribution in [0.1, 0.15) is 53.4 Å². The van der Waals surface area contributed by atoms with Gasteiger partial charge in [-0.15, -0.1) is 0 Å². The lowest BCUT2D eigenvalue weighted by molar-refractivity contribution is -0.0201. The summed E-state index contributed by atoms with van der Waals surface area (Å²) >= 11 is 0. The van der Waals surface area contributed by atoms with E-state index in [0.29, 0.717) is 6.04 Å². The van der Waals surface area contributed by atoms with Crippen molar-refractivity contribution >= 4 is 0 Å². The average Bonchev–Trinajstić information content (AvgIpc) is 2.07. The lowest BCUT2D eigenvalue weighted by Crippen LogP contribution is -2.53. The SMILES string of the molecule is CCN(C1CCCCC1O)C(C)(C)C. The summed E-state index contributed by atoms with van der Waals surface area (Å²) in [5.41, 5.74) is 0.178. The van der Waals surface area contributed by atoms with Gasteiger partial charge in [-0.1, -0.05) is 19.8 Å². The van der Waals surface area contributed by atoms with Crippen LogP contribution >= 0.6 is 0 Å². The zero-order chi connectivity index (χ0) is 10.8. The molecule has 0 saturated heterocycles. The Morgan fingerprint density at radius 1 is 1.21 bits per heavy atom. The molecule has 1 N–H and O–H groups in total. The van der Waals surface area contributed by atoms with Crippen LogP contribution in [0.5, 0.6) is 0 Å². The predicted molar refractivity (Wildman–Crippen MR) is 60.4 cm³/mol. The summed E-state index contributed by atoms with van der Waals surface area (Å²) in [5, 5.41) is 9.99. The third kappa shape index (κ3) is 2.71. The van der Waals surface area contributed by atoms with Gasteiger partial charge in [-0.05, 0) is 40.2 Å². The zero-order valence-electron chi connectivity index (χ0n) is 10.1. The minimum atomic E-state index is -0.108. The second kappa shape index (κ2) is 4.63. The van der Waals surface area contributed by atoms with Crippen molar-refractivity contribution in [2.24, 2.45) is 0 Å². The van der Waals surface area contributed by atoms with E-state index >= 15 is 0 Å². The Balaban J connectivity index is 2.67. The molecule has 2 nitrogen and oxygen atoms in total. The van der Waals surface area contributed by atoms with Crippen molar-refractivity contribution in [1.82, 2.24) is 4.90 Å². The molecule has 0 heterocycles. The fraction of sp³-hybridized carbons (Fsp3) is 1.00. The monoisotopic (exact) mass is 199 g/mol. The second-order valence-corrected chi connectivity index (χ2v) is 5.38. The second-order valence-electron chi connectivity index (χ2n) is 5.38. The van der Waals surface area contributed by atoms with E-state index in [9.17, 15) is 5.11 Å². The number of aliphatic hydroxyl groups is 1. The normalized spacial score (nSPS) is 29.6. The van der Waals surface area contributed by atoms with Gasteiger partial charge in [0.25, 0.3) is 0 Å². The number of hydrogen-bond donors (Lipinski definition) is 1. The standard InChI is InChI=1S/C12H25NO/c1-5-13(12(2,3)4)10-8-6-7-9-11(10)14/h10-11,14H,5-9H2,1-4H3. The minimum absolute atomic E-state index is 0.108. The molecular formula is C12H25NO. The lowest BCUT2D eigenvalue weighted by atomic mass is 9.88. The molecule has 2 heteroatoms. The molecule has 2 atom stereocenters. The van der Waals surface area contributed by atoms with Crippen LogP contribution in [0.3, 0.4) is 0 Å². The Labute approximate surface area is 88.3 Å². The quantitative estimate of drug-likeness (QED) is 0.738. The molecular weight excluding hydrogens is 174 g/mol. The van der Waals surface area contributed by atoms with E-state index in [1.54, 1.807) is 0 Å². The topological polar surface area (TPSA) is 23.5 Å². The molecule has 0 aromatic carbocycles. The van der Waals surface area contributed by atoms with E-state index in [1.807, 2.05) is 0 Å². The van der Waals surface area contributed by atoms with Gasteiger partial charge < -0.3 is 5.11 Å². The first-order chi connectivity index (χ1) is 6.46. The molecule has 1 saturated carbocycles. The third-order valence-electron chi connectivity index (χ3n) is 3.30. The Kier molecular flexibility index (Phi) is 3.96. The van der Waals surface area contributed by atoms with Crippen molar-refractivity contribution in [3.05, 3.63) is 0 Å². The number of nitrogens with zero attached hydrogens (tertiary/aromatic N) is 1. The lowest BCUT2D eigenvalue weighted by Gasteiger charge is -2.44. The molecule has 1 rings (SSSR count). The average molecular weight is 199 g/mol. The summed E-state index contributed by atoms with van der Waals surface area (Å²) in [6.45, 7) is 9.92. The molecule has 1 fully saturated rings. The Bertz CT molecular complexity index is 174. The molecule has 0 aromatic rings. The van der Waals surface area contributed by atoms with Crippen LogP contribution in [0.25, 0.3) is 0 Å². The van der Waals surface area contributed by atoms with Crippen LogP contribution < -0.4 is 0 Å². The van der Waals surface area contributed by atoms with Gasteiger partial charge >= 0.3 is 0 Å². The van der Waals surface area contributed by atoms with E-state index in [4.69, 9.17) is 0 Å². The van der Waals surface area contributed by atoms with Gasteiger partial charge in [0.2, 0.25) is 0 Å². The van der Waals surface area contributed by atoms with Gasteiger partial charge in [0.05, 0.1) is 6.10 Å². The van der Waals surface area contributed by atoms with Crippen molar-refractivity contribution < 1.29 is 5.11 Å². The highest BCUT2D eigenvalue weighted by Gasteiger charge is 2.33. The molecule has 0 amide bonds. The number of likely N-dealkylation sites (N-methyl/N-ethyl adjacent to an activating group) is 1. The molecule has 0 aliphatic heterocycles. The van der Waals surface area contributed by atoms with Crippen LogP contribution in [0.4, 0.5) is 0 Å². The fourth-order valence-electron chi connectivity index (χ4n) is 2.66. The van der Waals surface area contributed by atoms with Crippen LogP contribution in [0, 0.1) is 0 Å². The minimum Gasteiger partial charge on any atom is -0.391 e. The van der Waals surface area contributed by atoms with Gasteiger partial charge in [-0.3, -0.25) is 4.90 Å². The van der Waals surface area contributed by atoms with E-state index < -0.39 is 0 Å². The molecule has 0 spiro atoms. The smallest absolute Gasteiger partial charge is 0.0695 e. The van der Waals surface area contributed by atoms with Crippen LogP contribution in [-0.2, 0) is 0 Å². The van der Waals surface area contributed by atoms with Crippen LogP contribution in [-0.4, -0.2) is 34.2 Å². The van der Waals surface area contributed by atoms with Gasteiger partial charge in [-0.2, -0.15) is 0 Å². The first-order valence-electron chi connectivity index (χ1n) is 5.91. The van der Waals surface area contributed by atoms with Gasteiger partial charge in [0, 0.05) is 11.6 Å². The zero-order valence-corrected chi connectivity index (χ0v) is 10.1. The molecule has 1 aliphatic carbocycles. The molecule has 84 valence electrons. The van der Waals surface area contributed by atoms with Crippen LogP contribution in [0.15, 0.2) is 0 Å². The molecule has 0 aromatic heterocycles. The van der Waals surface area contributed by atoms with Crippen molar-refractivity contribution in [3.8, 4) is 0 Å². The van der Waals surface area contributed by atoms with E-state index in [1.165, 1.54) is 12.8 Å². The molecule has 1 aliphatic rings. The first-order valence-corrected chi connectivity index (χ1v) is 5.91. The third-order valence-corrected chi connectivity index (χ3v) is 3.30. The molecule has 0 radical (unpaired) electrons. The van der Waals surface area contributed by atoms with Crippen molar-refractivity contribution in [1.29, 1.82) is 0 Å². The van der Waals surface area contributed by atoms with E-state index in [-0.39, 0.29) is 11.6 Å². The Morgan fingerprint density at radius 3 is 2.21 bits per heavy atom. The van der Waals surface area contributed by atoms with Gasteiger partial charge in [0.1, 0.15) is 0 Å². The van der Waals surface area contributed by atoms with E-state index in [0.717, 1.165) is 19.4 Å². The first kappa shape index (κ1) is 12.0. The van der Waals surface area contributed by atoms with Gasteiger partial charge in [0.15, 0.2) is 0 Å². The highest BCUT2D eigenvalue weighted by Crippen LogP contribution is 2.28. The number of aliphatic hydroxyl groups excluding tert-OH is 1. The molecule has 14 heavy (non-hydrogen) atoms. The van der Waals surface area contributed by atoms with Crippen molar-refractivity contribution in [2.45, 2.75) is 71.1 Å². The summed E-state index contributed by atoms with van der Waals surface area (Å²) in [6.07, 6.45) is 4.50. The van der Waals surface area contributed by atoms with Gasteiger partial charge in [-0.25, -0.2) is 0 Å². The number of hydrogen-bond acceptors (Lipinski definition) is 2. The fourth-order valence-corrected chi connectivity index (χ4v) is 2.66. The van der Waals surface area contributed by atoms with Crippen LogP contribution in [0.2, 0.25) is 0 Å². The van der Waals surface area contributed by atoms with E-state index in [2.05, 4.69) is 32.6 Å². The van der Waals surface area contributed by atoms with Crippen molar-refractivity contribution in [3.63, 3.8) is 0 Å². The van der Waals surface area contributed by atoms with Crippen molar-refractivity contribution in [2.75, 3.05) is 6.54 Å². The largest absolute Gasteiger partial charge is 0.391 e. The maximum Gasteiger partial charge on any atom is 0.0695 e. The summed E-state index contributed by atoms with van der Waals surface area (Å²) in [5.74, 6) is 0. The highest BCUT2D eigenvalue weighted by atomic mass is 16.3. The Morgan fingerprint density at radius 2 is 1.79 bits per heavy atom.